The highest BCUT2D eigenvalue weighted by molar-refractivity contribution is 5.64. The van der Waals surface area contributed by atoms with E-state index >= 15 is 0 Å². The van der Waals surface area contributed by atoms with Crippen LogP contribution in [0.3, 0.4) is 0 Å². The predicted octanol–water partition coefficient (Wildman–Crippen LogP) is 5.67. The molecule has 0 spiro atoms. The van der Waals surface area contributed by atoms with Crippen molar-refractivity contribution in [1.82, 2.24) is 0 Å². The maximum absolute atomic E-state index is 13.4. The average molecular weight is 326 g/mol. The summed E-state index contributed by atoms with van der Waals surface area (Å²) in [7, 11) is 0. The average Bonchev–Trinajstić information content (AvgIpc) is 2.35. The lowest BCUT2D eigenvalue weighted by molar-refractivity contribution is -0.142. The summed E-state index contributed by atoms with van der Waals surface area (Å²) in [4.78, 5) is 0. The van der Waals surface area contributed by atoms with E-state index in [1.807, 2.05) is 0 Å². The van der Waals surface area contributed by atoms with E-state index in [4.69, 9.17) is 0 Å². The van der Waals surface area contributed by atoms with Crippen LogP contribution in [-0.4, -0.2) is 0 Å². The van der Waals surface area contributed by atoms with Gasteiger partial charge in [-0.1, -0.05) is 12.1 Å². The summed E-state index contributed by atoms with van der Waals surface area (Å²) >= 11 is 0. The molecule has 2 aromatic carbocycles. The minimum Gasteiger partial charge on any atom is -0.206 e. The molecule has 0 atom stereocenters. The van der Waals surface area contributed by atoms with E-state index in [1.54, 1.807) is 0 Å². The summed E-state index contributed by atoms with van der Waals surface area (Å²) in [6.45, 7) is 0. The lowest BCUT2D eigenvalue weighted by atomic mass is 10.0. The molecule has 0 heterocycles. The van der Waals surface area contributed by atoms with Gasteiger partial charge in [0, 0.05) is 0 Å². The molecule has 0 saturated heterocycles. The first-order valence-electron chi connectivity index (χ1n) is 5.74. The van der Waals surface area contributed by atoms with Crippen LogP contribution in [0, 0.1) is 11.6 Å². The van der Waals surface area contributed by atoms with Crippen LogP contribution in [0.15, 0.2) is 36.4 Å². The summed E-state index contributed by atoms with van der Waals surface area (Å²) in [5.41, 5.74) is -3.36. The fourth-order valence-corrected chi connectivity index (χ4v) is 1.86. The van der Waals surface area contributed by atoms with Gasteiger partial charge in [0.25, 0.3) is 0 Å². The Bertz CT molecular complexity index is 656. The maximum atomic E-state index is 13.4. The molecule has 0 aliphatic carbocycles. The molecule has 0 fully saturated rings. The molecule has 0 bridgehead atoms. The van der Waals surface area contributed by atoms with Gasteiger partial charge >= 0.3 is 12.4 Å². The third kappa shape index (κ3) is 3.20. The predicted molar refractivity (Wildman–Crippen MR) is 61.8 cm³/mol. The first-order valence-corrected chi connectivity index (χ1v) is 5.74. The number of alkyl halides is 6. The molecule has 0 nitrogen and oxygen atoms in total. The molecule has 0 aliphatic rings. The lowest BCUT2D eigenvalue weighted by Crippen LogP contribution is -2.11. The molecule has 118 valence electrons. The Hall–Kier alpha value is -2.12. The quantitative estimate of drug-likeness (QED) is 0.592. The van der Waals surface area contributed by atoms with E-state index in [0.717, 1.165) is 12.1 Å². The molecular weight excluding hydrogens is 320 g/mol. The van der Waals surface area contributed by atoms with Crippen molar-refractivity contribution in [2.24, 2.45) is 0 Å². The third-order valence-corrected chi connectivity index (χ3v) is 2.87. The molecule has 22 heavy (non-hydrogen) atoms. The van der Waals surface area contributed by atoms with E-state index in [-0.39, 0.29) is 11.1 Å². The molecule has 2 aromatic rings. The van der Waals surface area contributed by atoms with Crippen molar-refractivity contribution in [2.45, 2.75) is 12.4 Å². The van der Waals surface area contributed by atoms with Crippen molar-refractivity contribution in [3.63, 3.8) is 0 Å². The lowest BCUT2D eigenvalue weighted by Gasteiger charge is -2.12. The van der Waals surface area contributed by atoms with Gasteiger partial charge in [0.05, 0.1) is 5.56 Å². The van der Waals surface area contributed by atoms with Crippen LogP contribution in [0.1, 0.15) is 11.1 Å². The van der Waals surface area contributed by atoms with Crippen molar-refractivity contribution in [3.05, 3.63) is 59.2 Å². The van der Waals surface area contributed by atoms with E-state index < -0.39 is 35.1 Å². The number of halogens is 8. The van der Waals surface area contributed by atoms with Gasteiger partial charge in [0.2, 0.25) is 0 Å². The largest absolute Gasteiger partial charge is 0.422 e. The smallest absolute Gasteiger partial charge is 0.206 e. The van der Waals surface area contributed by atoms with E-state index in [2.05, 4.69) is 0 Å². The molecular formula is C14H6F8. The fourth-order valence-electron chi connectivity index (χ4n) is 1.86. The molecule has 2 rings (SSSR count). The van der Waals surface area contributed by atoms with E-state index in [9.17, 15) is 35.1 Å². The highest BCUT2D eigenvalue weighted by Crippen LogP contribution is 2.36. The second-order valence-electron chi connectivity index (χ2n) is 4.39. The van der Waals surface area contributed by atoms with E-state index in [0.29, 0.717) is 24.3 Å². The molecule has 0 saturated carbocycles. The first kappa shape index (κ1) is 16.3. The van der Waals surface area contributed by atoms with Crippen LogP contribution in [0.5, 0.6) is 0 Å². The topological polar surface area (TPSA) is 0 Å². The zero-order valence-corrected chi connectivity index (χ0v) is 10.5. The van der Waals surface area contributed by atoms with Gasteiger partial charge in [-0.3, -0.25) is 0 Å². The Labute approximate surface area is 119 Å². The second-order valence-corrected chi connectivity index (χ2v) is 4.39. The van der Waals surface area contributed by atoms with Gasteiger partial charge in [0.15, 0.2) is 0 Å². The summed E-state index contributed by atoms with van der Waals surface area (Å²) in [5.74, 6) is -3.66. The van der Waals surface area contributed by atoms with Crippen molar-refractivity contribution in [2.75, 3.05) is 0 Å². The Morgan fingerprint density at radius 1 is 0.591 bits per heavy atom. The second kappa shape index (κ2) is 5.26. The Balaban J connectivity index is 2.47. The Morgan fingerprint density at radius 2 is 1.05 bits per heavy atom. The summed E-state index contributed by atoms with van der Waals surface area (Å²) < 4.78 is 101. The van der Waals surface area contributed by atoms with Crippen LogP contribution in [0.2, 0.25) is 0 Å². The van der Waals surface area contributed by atoms with Crippen molar-refractivity contribution in [3.8, 4) is 11.1 Å². The summed E-state index contributed by atoms with van der Waals surface area (Å²) in [5, 5.41) is 0. The van der Waals surface area contributed by atoms with Crippen LogP contribution in [0.4, 0.5) is 35.1 Å². The molecule has 0 unspecified atom stereocenters. The molecule has 8 heteroatoms. The fraction of sp³-hybridized carbons (Fsp3) is 0.143. The molecule has 0 radical (unpaired) electrons. The zero-order chi connectivity index (χ0) is 16.7. The van der Waals surface area contributed by atoms with Crippen molar-refractivity contribution < 1.29 is 35.1 Å². The van der Waals surface area contributed by atoms with Crippen LogP contribution >= 0.6 is 0 Å². The monoisotopic (exact) mass is 326 g/mol. The number of benzene rings is 2. The van der Waals surface area contributed by atoms with Gasteiger partial charge in [-0.05, 0) is 35.4 Å². The van der Waals surface area contributed by atoms with Gasteiger partial charge < -0.3 is 0 Å². The van der Waals surface area contributed by atoms with Gasteiger partial charge in [0.1, 0.15) is 17.2 Å². The molecule has 0 aliphatic heterocycles. The highest BCUT2D eigenvalue weighted by atomic mass is 19.4. The molecule has 0 amide bonds. The molecule has 0 N–H and O–H groups in total. The first-order chi connectivity index (χ1) is 10.00. The van der Waals surface area contributed by atoms with Gasteiger partial charge in [-0.2, -0.15) is 26.3 Å². The van der Waals surface area contributed by atoms with Crippen molar-refractivity contribution >= 4 is 0 Å². The number of hydrogen-bond donors (Lipinski definition) is 0. The van der Waals surface area contributed by atoms with Gasteiger partial charge in [-0.15, -0.1) is 0 Å². The SMILES string of the molecule is Fc1cc(-c2ccc(C(F)(F)F)cc2)cc(F)c1C(F)(F)F. The highest BCUT2D eigenvalue weighted by Gasteiger charge is 2.38. The molecule has 0 aromatic heterocycles. The van der Waals surface area contributed by atoms with E-state index in [1.165, 1.54) is 0 Å². The summed E-state index contributed by atoms with van der Waals surface area (Å²) in [6.07, 6.45) is -9.79. The third-order valence-electron chi connectivity index (χ3n) is 2.87. The summed E-state index contributed by atoms with van der Waals surface area (Å²) in [6, 6.07) is 4.03. The Morgan fingerprint density at radius 3 is 1.41 bits per heavy atom. The van der Waals surface area contributed by atoms with Crippen LogP contribution in [0.25, 0.3) is 11.1 Å². The van der Waals surface area contributed by atoms with Crippen molar-refractivity contribution in [1.29, 1.82) is 0 Å². The number of rotatable bonds is 1. The number of hydrogen-bond acceptors (Lipinski definition) is 0. The Kier molecular flexibility index (Phi) is 3.88. The standard InChI is InChI=1S/C14H6F8/c15-10-5-8(6-11(16)12(10)14(20,21)22)7-1-3-9(4-2-7)13(17,18)19/h1-6H. The minimum atomic E-state index is -5.20. The van der Waals surface area contributed by atoms with Gasteiger partial charge in [-0.25, -0.2) is 8.78 Å². The van der Waals surface area contributed by atoms with Crippen LogP contribution in [-0.2, 0) is 12.4 Å². The maximum Gasteiger partial charge on any atom is 0.422 e. The van der Waals surface area contributed by atoms with Crippen LogP contribution < -0.4 is 0 Å². The normalized spacial score (nSPS) is 12.5. The zero-order valence-electron chi connectivity index (χ0n) is 10.5. The minimum absolute atomic E-state index is 0.0421.